The van der Waals surface area contributed by atoms with E-state index in [0.717, 1.165) is 0 Å². The highest BCUT2D eigenvalue weighted by atomic mass is 35.5. The number of hydrogen-bond donors (Lipinski definition) is 2. The first-order valence-corrected chi connectivity index (χ1v) is 10.8. The standard InChI is InChI=1S/C18H27N5O3S.ClH/c1-3-18(4-2,13-19)17(24)22-8-10-23(11-9-22)27(25,26)15-12-21-16-14(15)6-5-7-20-16;/h5-7,12H,3-4,8-11,13,19H2,1-2H3,(H,20,21);1H. The second-order valence-electron chi connectivity index (χ2n) is 6.94. The van der Waals surface area contributed by atoms with Crippen molar-refractivity contribution in [3.63, 3.8) is 0 Å². The lowest BCUT2D eigenvalue weighted by atomic mass is 9.81. The van der Waals surface area contributed by atoms with Crippen molar-refractivity contribution < 1.29 is 13.2 Å². The van der Waals surface area contributed by atoms with E-state index in [4.69, 9.17) is 5.73 Å². The molecule has 156 valence electrons. The number of carbonyl (C=O) groups is 1. The SMILES string of the molecule is CCC(CC)(CN)C(=O)N1CCN(S(=O)(=O)c2c[nH]c3ncccc23)CC1.Cl. The number of nitrogens with zero attached hydrogens (tertiary/aromatic N) is 3. The van der Waals surface area contributed by atoms with Crippen molar-refractivity contribution in [3.8, 4) is 0 Å². The van der Waals surface area contributed by atoms with Crippen molar-refractivity contribution in [1.82, 2.24) is 19.2 Å². The van der Waals surface area contributed by atoms with Crippen LogP contribution >= 0.6 is 12.4 Å². The Hall–Kier alpha value is -1.68. The van der Waals surface area contributed by atoms with Crippen LogP contribution in [-0.2, 0) is 14.8 Å². The van der Waals surface area contributed by atoms with Crippen LogP contribution in [0.4, 0.5) is 0 Å². The van der Waals surface area contributed by atoms with E-state index in [1.807, 2.05) is 13.8 Å². The predicted octanol–water partition coefficient (Wildman–Crippen LogP) is 1.58. The fourth-order valence-corrected chi connectivity index (χ4v) is 5.25. The Kier molecular flexibility index (Phi) is 7.08. The van der Waals surface area contributed by atoms with E-state index < -0.39 is 15.4 Å². The third-order valence-electron chi connectivity index (χ3n) is 5.75. The van der Waals surface area contributed by atoms with E-state index in [-0.39, 0.29) is 36.3 Å². The molecule has 2 aromatic heterocycles. The van der Waals surface area contributed by atoms with E-state index in [0.29, 0.717) is 43.5 Å². The Labute approximate surface area is 171 Å². The molecule has 0 saturated carbocycles. The number of nitrogens with two attached hydrogens (primary N) is 1. The number of aromatic nitrogens is 2. The van der Waals surface area contributed by atoms with Gasteiger partial charge in [-0.2, -0.15) is 4.31 Å². The van der Waals surface area contributed by atoms with Gasteiger partial charge in [-0.25, -0.2) is 13.4 Å². The molecule has 1 aliphatic rings. The smallest absolute Gasteiger partial charge is 0.245 e. The van der Waals surface area contributed by atoms with Gasteiger partial charge < -0.3 is 15.6 Å². The van der Waals surface area contributed by atoms with Gasteiger partial charge in [0.05, 0.1) is 5.41 Å². The molecule has 0 radical (unpaired) electrons. The van der Waals surface area contributed by atoms with Crippen molar-refractivity contribution in [1.29, 1.82) is 0 Å². The maximum Gasteiger partial charge on any atom is 0.245 e. The summed E-state index contributed by atoms with van der Waals surface area (Å²) >= 11 is 0. The molecule has 3 rings (SSSR count). The van der Waals surface area contributed by atoms with Crippen molar-refractivity contribution >= 4 is 39.4 Å². The molecule has 0 spiro atoms. The molecule has 8 nitrogen and oxygen atoms in total. The highest BCUT2D eigenvalue weighted by molar-refractivity contribution is 7.89. The van der Waals surface area contributed by atoms with E-state index in [1.54, 1.807) is 23.2 Å². The van der Waals surface area contributed by atoms with Gasteiger partial charge in [-0.3, -0.25) is 4.79 Å². The largest absolute Gasteiger partial charge is 0.345 e. The molecular weight excluding hydrogens is 402 g/mol. The average Bonchev–Trinajstić information content (AvgIpc) is 3.15. The fraction of sp³-hybridized carbons (Fsp3) is 0.556. The number of rotatable bonds is 6. The summed E-state index contributed by atoms with van der Waals surface area (Å²) in [6.45, 7) is 5.55. The van der Waals surface area contributed by atoms with Crippen molar-refractivity contribution in [3.05, 3.63) is 24.5 Å². The van der Waals surface area contributed by atoms with Gasteiger partial charge in [0.15, 0.2) is 0 Å². The fourth-order valence-electron chi connectivity index (χ4n) is 3.68. The summed E-state index contributed by atoms with van der Waals surface area (Å²) in [6, 6.07) is 3.46. The lowest BCUT2D eigenvalue weighted by Gasteiger charge is -2.39. The first kappa shape index (κ1) is 22.6. The normalized spacial score (nSPS) is 16.2. The van der Waals surface area contributed by atoms with Gasteiger partial charge in [-0.15, -0.1) is 12.4 Å². The second kappa shape index (κ2) is 8.77. The number of pyridine rings is 1. The number of carbonyl (C=O) groups excluding carboxylic acids is 1. The van der Waals surface area contributed by atoms with Crippen LogP contribution in [0.3, 0.4) is 0 Å². The lowest BCUT2D eigenvalue weighted by molar-refractivity contribution is -0.143. The van der Waals surface area contributed by atoms with Gasteiger partial charge in [0.1, 0.15) is 10.5 Å². The number of sulfonamides is 1. The molecule has 1 fully saturated rings. The molecule has 3 heterocycles. The number of H-pyrrole nitrogens is 1. The molecule has 0 unspecified atom stereocenters. The van der Waals surface area contributed by atoms with Crippen LogP contribution in [0.1, 0.15) is 26.7 Å². The molecule has 3 N–H and O–H groups in total. The zero-order valence-electron chi connectivity index (χ0n) is 16.2. The van der Waals surface area contributed by atoms with Gasteiger partial charge in [0, 0.05) is 50.5 Å². The molecule has 2 aromatic rings. The zero-order valence-corrected chi connectivity index (χ0v) is 17.9. The first-order chi connectivity index (χ1) is 12.9. The van der Waals surface area contributed by atoms with E-state index in [2.05, 4.69) is 9.97 Å². The highest BCUT2D eigenvalue weighted by Crippen LogP contribution is 2.29. The number of aromatic amines is 1. The third kappa shape index (κ3) is 3.76. The summed E-state index contributed by atoms with van der Waals surface area (Å²) in [6.07, 6.45) is 4.46. The molecule has 0 aliphatic carbocycles. The number of piperazine rings is 1. The quantitative estimate of drug-likeness (QED) is 0.723. The number of amides is 1. The van der Waals surface area contributed by atoms with Crippen LogP contribution < -0.4 is 5.73 Å². The summed E-state index contributed by atoms with van der Waals surface area (Å²) in [5, 5.41) is 0.579. The molecular formula is C18H28ClN5O3S. The lowest BCUT2D eigenvalue weighted by Crippen LogP contribution is -2.55. The Morgan fingerprint density at radius 2 is 1.89 bits per heavy atom. The monoisotopic (exact) mass is 429 g/mol. The summed E-state index contributed by atoms with van der Waals surface area (Å²) < 4.78 is 27.6. The third-order valence-corrected chi connectivity index (χ3v) is 7.69. The van der Waals surface area contributed by atoms with Gasteiger partial charge in [0.2, 0.25) is 15.9 Å². The molecule has 10 heteroatoms. The minimum absolute atomic E-state index is 0. The topological polar surface area (TPSA) is 112 Å². The number of fused-ring (bicyclic) bond motifs is 1. The highest BCUT2D eigenvalue weighted by Gasteiger charge is 2.39. The molecule has 28 heavy (non-hydrogen) atoms. The number of halogens is 1. The first-order valence-electron chi connectivity index (χ1n) is 9.31. The maximum absolute atomic E-state index is 13.1. The van der Waals surface area contributed by atoms with Crippen LogP contribution in [-0.4, -0.2) is 66.2 Å². The summed E-state index contributed by atoms with van der Waals surface area (Å²) in [7, 11) is -3.65. The number of nitrogens with one attached hydrogen (secondary N) is 1. The minimum Gasteiger partial charge on any atom is -0.345 e. The van der Waals surface area contributed by atoms with Crippen LogP contribution in [0.25, 0.3) is 11.0 Å². The molecule has 1 aliphatic heterocycles. The van der Waals surface area contributed by atoms with Crippen LogP contribution in [0.15, 0.2) is 29.4 Å². The zero-order chi connectivity index (χ0) is 19.7. The Balaban J connectivity index is 0.00000280. The maximum atomic E-state index is 13.1. The van der Waals surface area contributed by atoms with Crippen molar-refractivity contribution in [2.24, 2.45) is 11.1 Å². The van der Waals surface area contributed by atoms with Gasteiger partial charge in [0.25, 0.3) is 0 Å². The Bertz CT molecular complexity index is 910. The number of hydrogen-bond acceptors (Lipinski definition) is 5. The van der Waals surface area contributed by atoms with Crippen LogP contribution in [0.2, 0.25) is 0 Å². The van der Waals surface area contributed by atoms with E-state index in [9.17, 15) is 13.2 Å². The van der Waals surface area contributed by atoms with Gasteiger partial charge in [-0.1, -0.05) is 13.8 Å². The summed E-state index contributed by atoms with van der Waals surface area (Å²) in [5.41, 5.74) is 5.88. The Morgan fingerprint density at radius 1 is 1.25 bits per heavy atom. The summed E-state index contributed by atoms with van der Waals surface area (Å²) in [4.78, 5) is 22.0. The van der Waals surface area contributed by atoms with Gasteiger partial charge in [-0.05, 0) is 25.0 Å². The molecule has 1 saturated heterocycles. The molecule has 0 aromatic carbocycles. The van der Waals surface area contributed by atoms with Crippen molar-refractivity contribution in [2.75, 3.05) is 32.7 Å². The van der Waals surface area contributed by atoms with E-state index in [1.165, 1.54) is 10.5 Å². The Morgan fingerprint density at radius 3 is 2.46 bits per heavy atom. The van der Waals surface area contributed by atoms with E-state index >= 15 is 0 Å². The van der Waals surface area contributed by atoms with Crippen molar-refractivity contribution in [2.45, 2.75) is 31.6 Å². The molecule has 0 bridgehead atoms. The molecule has 1 amide bonds. The summed E-state index contributed by atoms with van der Waals surface area (Å²) in [5.74, 6) is 0.0309. The average molecular weight is 430 g/mol. The second-order valence-corrected chi connectivity index (χ2v) is 8.85. The van der Waals surface area contributed by atoms with Crippen LogP contribution in [0, 0.1) is 5.41 Å². The minimum atomic E-state index is -3.65. The van der Waals surface area contributed by atoms with Gasteiger partial charge >= 0.3 is 0 Å². The van der Waals surface area contributed by atoms with Crippen LogP contribution in [0.5, 0.6) is 0 Å². The predicted molar refractivity (Wildman–Crippen MR) is 111 cm³/mol. The molecule has 0 atom stereocenters.